The van der Waals surface area contributed by atoms with Crippen molar-refractivity contribution in [3.63, 3.8) is 0 Å². The smallest absolute Gasteiger partial charge is 0.265 e. The Morgan fingerprint density at radius 1 is 1.20 bits per heavy atom. The largest absolute Gasteiger partial charge is 0.348 e. The predicted molar refractivity (Wildman–Crippen MR) is 97.9 cm³/mol. The molecule has 0 aliphatic carbocycles. The molecule has 0 fully saturated rings. The van der Waals surface area contributed by atoms with Gasteiger partial charge in [0.25, 0.3) is 11.8 Å². The van der Waals surface area contributed by atoms with E-state index in [1.807, 2.05) is 29.1 Å². The van der Waals surface area contributed by atoms with Crippen molar-refractivity contribution < 1.29 is 9.59 Å². The summed E-state index contributed by atoms with van der Waals surface area (Å²) in [6.45, 7) is 2.59. The number of nitrogens with one attached hydrogen (secondary N) is 2. The van der Waals surface area contributed by atoms with Gasteiger partial charge in [0.05, 0.1) is 11.2 Å². The van der Waals surface area contributed by atoms with E-state index in [0.717, 1.165) is 0 Å². The van der Waals surface area contributed by atoms with E-state index in [1.54, 1.807) is 42.9 Å². The number of carbonyl (C=O) groups is 2. The Hall–Kier alpha value is -2.93. The lowest BCUT2D eigenvalue weighted by Gasteiger charge is -2.14. The summed E-state index contributed by atoms with van der Waals surface area (Å²) >= 11 is 1.38. The van der Waals surface area contributed by atoms with Crippen molar-refractivity contribution in [2.75, 3.05) is 5.32 Å². The number of benzene rings is 1. The molecule has 0 bridgehead atoms. The molecule has 2 N–H and O–H groups in total. The van der Waals surface area contributed by atoms with Crippen LogP contribution in [0.2, 0.25) is 0 Å². The third-order valence-corrected chi connectivity index (χ3v) is 4.44. The topological polar surface area (TPSA) is 76.0 Å². The average Bonchev–Trinajstić information content (AvgIpc) is 3.29. The summed E-state index contributed by atoms with van der Waals surface area (Å²) in [5.74, 6) is -0.301. The molecule has 1 atom stereocenters. The van der Waals surface area contributed by atoms with Crippen LogP contribution < -0.4 is 10.6 Å². The number of thiophene rings is 1. The number of hydrogen-bond donors (Lipinski definition) is 2. The number of anilines is 1. The number of aromatic nitrogens is 2. The lowest BCUT2D eigenvalue weighted by Crippen LogP contribution is -2.35. The van der Waals surface area contributed by atoms with E-state index in [9.17, 15) is 9.59 Å². The third-order valence-electron chi connectivity index (χ3n) is 3.57. The van der Waals surface area contributed by atoms with Crippen LogP contribution in [0.1, 0.15) is 27.0 Å². The molecule has 3 rings (SSSR count). The number of rotatable bonds is 6. The van der Waals surface area contributed by atoms with Gasteiger partial charge in [-0.05, 0) is 42.6 Å². The minimum absolute atomic E-state index is 0.0279. The first-order chi connectivity index (χ1) is 12.1. The van der Waals surface area contributed by atoms with Gasteiger partial charge >= 0.3 is 0 Å². The molecule has 7 heteroatoms. The molecular weight excluding hydrogens is 336 g/mol. The summed E-state index contributed by atoms with van der Waals surface area (Å²) in [5, 5.41) is 7.61. The Kier molecular flexibility index (Phi) is 5.25. The van der Waals surface area contributed by atoms with Gasteiger partial charge in [-0.25, -0.2) is 4.98 Å². The normalized spacial score (nSPS) is 11.7. The zero-order valence-corrected chi connectivity index (χ0v) is 14.5. The Morgan fingerprint density at radius 3 is 2.64 bits per heavy atom. The molecule has 1 aromatic carbocycles. The minimum Gasteiger partial charge on any atom is -0.348 e. The summed E-state index contributed by atoms with van der Waals surface area (Å²) in [4.78, 5) is 28.9. The van der Waals surface area contributed by atoms with Gasteiger partial charge in [-0.3, -0.25) is 9.59 Å². The van der Waals surface area contributed by atoms with Gasteiger partial charge in [-0.15, -0.1) is 11.3 Å². The second-order valence-corrected chi connectivity index (χ2v) is 6.59. The van der Waals surface area contributed by atoms with Crippen molar-refractivity contribution >= 4 is 28.8 Å². The predicted octanol–water partition coefficient (Wildman–Crippen LogP) is 3.02. The number of nitrogens with zero attached hydrogens (tertiary/aromatic N) is 2. The average molecular weight is 354 g/mol. The highest BCUT2D eigenvalue weighted by Gasteiger charge is 2.11. The van der Waals surface area contributed by atoms with Gasteiger partial charge in [-0.1, -0.05) is 6.07 Å². The van der Waals surface area contributed by atoms with E-state index >= 15 is 0 Å². The number of imidazole rings is 1. The molecule has 0 spiro atoms. The molecule has 0 aliphatic rings. The summed E-state index contributed by atoms with van der Waals surface area (Å²) < 4.78 is 1.91. The van der Waals surface area contributed by atoms with Crippen LogP contribution in [0.3, 0.4) is 0 Å². The SMILES string of the molecule is CC(Cn1ccnc1)NC(=O)c1ccc(NC(=O)c2cccs2)cc1. The van der Waals surface area contributed by atoms with Crippen LogP contribution in [0.5, 0.6) is 0 Å². The van der Waals surface area contributed by atoms with Crippen molar-refractivity contribution in [1.29, 1.82) is 0 Å². The molecule has 128 valence electrons. The Morgan fingerprint density at radius 2 is 2.00 bits per heavy atom. The van der Waals surface area contributed by atoms with Crippen molar-refractivity contribution in [3.05, 3.63) is 70.9 Å². The number of hydrogen-bond acceptors (Lipinski definition) is 4. The molecule has 2 aromatic heterocycles. The fraction of sp³-hybridized carbons (Fsp3) is 0.167. The van der Waals surface area contributed by atoms with Crippen molar-refractivity contribution in [2.24, 2.45) is 0 Å². The molecule has 2 amide bonds. The highest BCUT2D eigenvalue weighted by atomic mass is 32.1. The zero-order valence-electron chi connectivity index (χ0n) is 13.7. The van der Waals surface area contributed by atoms with Gasteiger partial charge in [0.15, 0.2) is 0 Å². The van der Waals surface area contributed by atoms with Crippen LogP contribution in [0, 0.1) is 0 Å². The second-order valence-electron chi connectivity index (χ2n) is 5.64. The molecule has 6 nitrogen and oxygen atoms in total. The number of amides is 2. The maximum Gasteiger partial charge on any atom is 0.265 e. The molecule has 3 aromatic rings. The van der Waals surface area contributed by atoms with Gasteiger partial charge in [0, 0.05) is 36.2 Å². The second kappa shape index (κ2) is 7.76. The number of carbonyl (C=O) groups excluding carboxylic acids is 2. The molecule has 1 unspecified atom stereocenters. The maximum atomic E-state index is 12.3. The third kappa shape index (κ3) is 4.54. The summed E-state index contributed by atoms with van der Waals surface area (Å²) in [5.41, 5.74) is 1.20. The lowest BCUT2D eigenvalue weighted by molar-refractivity contribution is 0.0936. The highest BCUT2D eigenvalue weighted by Crippen LogP contribution is 2.14. The van der Waals surface area contributed by atoms with E-state index in [0.29, 0.717) is 22.7 Å². The van der Waals surface area contributed by atoms with Crippen LogP contribution >= 0.6 is 11.3 Å². The van der Waals surface area contributed by atoms with Crippen molar-refractivity contribution in [1.82, 2.24) is 14.9 Å². The minimum atomic E-state index is -0.152. The van der Waals surface area contributed by atoms with Gasteiger partial charge in [0.1, 0.15) is 0 Å². The highest BCUT2D eigenvalue weighted by molar-refractivity contribution is 7.12. The molecule has 0 aliphatic heterocycles. The molecule has 0 saturated carbocycles. The van der Waals surface area contributed by atoms with Crippen LogP contribution in [-0.2, 0) is 6.54 Å². The monoisotopic (exact) mass is 354 g/mol. The Balaban J connectivity index is 1.56. The quantitative estimate of drug-likeness (QED) is 0.714. The Labute approximate surface area is 149 Å². The van der Waals surface area contributed by atoms with E-state index in [1.165, 1.54) is 11.3 Å². The van der Waals surface area contributed by atoms with E-state index in [-0.39, 0.29) is 17.9 Å². The van der Waals surface area contributed by atoms with Gasteiger partial charge < -0.3 is 15.2 Å². The lowest BCUT2D eigenvalue weighted by atomic mass is 10.1. The zero-order chi connectivity index (χ0) is 17.6. The van der Waals surface area contributed by atoms with Crippen LogP contribution in [0.15, 0.2) is 60.5 Å². The van der Waals surface area contributed by atoms with Gasteiger partial charge in [0.2, 0.25) is 0 Å². The molecule has 0 radical (unpaired) electrons. The first kappa shape index (κ1) is 16.9. The van der Waals surface area contributed by atoms with Crippen molar-refractivity contribution in [3.8, 4) is 0 Å². The standard InChI is InChI=1S/C18H18N4O2S/c1-13(11-22-9-8-19-12-22)20-17(23)14-4-6-15(7-5-14)21-18(24)16-3-2-10-25-16/h2-10,12-13H,11H2,1H3,(H,20,23)(H,21,24). The van der Waals surface area contributed by atoms with E-state index in [2.05, 4.69) is 15.6 Å². The first-order valence-corrected chi connectivity index (χ1v) is 8.71. The molecule has 2 heterocycles. The fourth-order valence-corrected chi connectivity index (χ4v) is 2.99. The summed E-state index contributed by atoms with van der Waals surface area (Å²) in [7, 11) is 0. The van der Waals surface area contributed by atoms with Crippen LogP contribution in [0.4, 0.5) is 5.69 Å². The van der Waals surface area contributed by atoms with Gasteiger partial charge in [-0.2, -0.15) is 0 Å². The van der Waals surface area contributed by atoms with Crippen LogP contribution in [-0.4, -0.2) is 27.4 Å². The van der Waals surface area contributed by atoms with E-state index in [4.69, 9.17) is 0 Å². The molecular formula is C18H18N4O2S. The summed E-state index contributed by atoms with van der Waals surface area (Å²) in [6.07, 6.45) is 5.28. The van der Waals surface area contributed by atoms with Crippen molar-refractivity contribution in [2.45, 2.75) is 19.5 Å². The maximum absolute atomic E-state index is 12.3. The summed E-state index contributed by atoms with van der Waals surface area (Å²) in [6, 6.07) is 10.4. The first-order valence-electron chi connectivity index (χ1n) is 7.83. The Bertz CT molecular complexity index is 827. The fourth-order valence-electron chi connectivity index (χ4n) is 2.37. The molecule has 25 heavy (non-hydrogen) atoms. The molecule has 0 saturated heterocycles. The van der Waals surface area contributed by atoms with E-state index < -0.39 is 0 Å². The van der Waals surface area contributed by atoms with Crippen LogP contribution in [0.25, 0.3) is 0 Å².